The summed E-state index contributed by atoms with van der Waals surface area (Å²) in [6.45, 7) is 0. The first-order valence-corrected chi connectivity index (χ1v) is 11.0. The number of hydrogen-bond donors (Lipinski definition) is 0. The maximum absolute atomic E-state index is 13.8. The topological polar surface area (TPSA) is 30.0 Å². The highest BCUT2D eigenvalue weighted by Crippen LogP contribution is 2.63. The monoisotopic (exact) mass is 441 g/mol. The molecule has 3 aromatic rings. The number of benzene rings is 2. The predicted octanol–water partition coefficient (Wildman–Crippen LogP) is 6.87. The van der Waals surface area contributed by atoms with Gasteiger partial charge in [0.1, 0.15) is 11.6 Å². The van der Waals surface area contributed by atoms with Crippen LogP contribution in [0, 0.1) is 17.2 Å². The fourth-order valence-corrected chi connectivity index (χ4v) is 5.54. The summed E-state index contributed by atoms with van der Waals surface area (Å²) >= 11 is 0. The molecular formula is C26H23F4NO. The van der Waals surface area contributed by atoms with E-state index in [0.717, 1.165) is 60.7 Å². The van der Waals surface area contributed by atoms with Crippen molar-refractivity contribution in [3.05, 3.63) is 77.2 Å². The Morgan fingerprint density at radius 3 is 2.59 bits per heavy atom. The Balaban J connectivity index is 1.25. The second kappa shape index (κ2) is 7.68. The van der Waals surface area contributed by atoms with Crippen LogP contribution in [0.3, 0.4) is 0 Å². The number of aromatic nitrogens is 1. The number of halogens is 4. The van der Waals surface area contributed by atoms with Crippen LogP contribution in [0.5, 0.6) is 0 Å². The van der Waals surface area contributed by atoms with Crippen LogP contribution < -0.4 is 0 Å². The van der Waals surface area contributed by atoms with Crippen molar-refractivity contribution in [1.29, 1.82) is 0 Å². The van der Waals surface area contributed by atoms with E-state index in [9.17, 15) is 22.4 Å². The maximum atomic E-state index is 13.8. The zero-order valence-electron chi connectivity index (χ0n) is 17.5. The fourth-order valence-electron chi connectivity index (χ4n) is 5.54. The van der Waals surface area contributed by atoms with Crippen molar-refractivity contribution in [2.45, 2.75) is 50.6 Å². The Kier molecular flexibility index (Phi) is 5.06. The molecule has 1 heterocycles. The van der Waals surface area contributed by atoms with Gasteiger partial charge >= 0.3 is 6.18 Å². The van der Waals surface area contributed by atoms with Crippen molar-refractivity contribution in [3.63, 3.8) is 0 Å². The van der Waals surface area contributed by atoms with Crippen LogP contribution in [0.2, 0.25) is 0 Å². The van der Waals surface area contributed by atoms with Crippen LogP contribution in [0.1, 0.15) is 54.7 Å². The second-order valence-corrected chi connectivity index (χ2v) is 9.30. The Bertz CT molecular complexity index is 1180. The summed E-state index contributed by atoms with van der Waals surface area (Å²) < 4.78 is 52.6. The van der Waals surface area contributed by atoms with Crippen molar-refractivity contribution >= 4 is 16.7 Å². The van der Waals surface area contributed by atoms with Gasteiger partial charge in [-0.25, -0.2) is 4.39 Å². The Hall–Kier alpha value is -2.76. The minimum Gasteiger partial charge on any atom is -0.299 e. The molecule has 1 atom stereocenters. The number of alkyl halides is 3. The first-order chi connectivity index (χ1) is 15.2. The van der Waals surface area contributed by atoms with Crippen molar-refractivity contribution < 1.29 is 22.4 Å². The number of Topliss-reactive ketones (excluding diaryl/α,β-unsaturated/α-hetero) is 1. The lowest BCUT2D eigenvalue weighted by atomic mass is 9.74. The number of rotatable bonds is 4. The van der Waals surface area contributed by atoms with Crippen LogP contribution >= 0.6 is 0 Å². The van der Waals surface area contributed by atoms with Gasteiger partial charge in [-0.3, -0.25) is 9.78 Å². The van der Waals surface area contributed by atoms with Gasteiger partial charge in [0, 0.05) is 23.9 Å². The highest BCUT2D eigenvalue weighted by molar-refractivity contribution is 5.87. The minimum atomic E-state index is -4.40. The molecule has 0 radical (unpaired) electrons. The van der Waals surface area contributed by atoms with E-state index in [1.165, 1.54) is 12.1 Å². The number of fused-ring (bicyclic) bond motifs is 1. The van der Waals surface area contributed by atoms with Gasteiger partial charge in [-0.05, 0) is 84.9 Å². The third kappa shape index (κ3) is 3.91. The molecule has 2 nitrogen and oxygen atoms in total. The normalized spacial score (nSPS) is 25.2. The summed E-state index contributed by atoms with van der Waals surface area (Å²) in [6.07, 6.45) is 1.89. The van der Waals surface area contributed by atoms with E-state index in [0.29, 0.717) is 11.5 Å². The van der Waals surface area contributed by atoms with Crippen molar-refractivity contribution in [3.8, 4) is 0 Å². The molecule has 0 unspecified atom stereocenters. The molecule has 1 aromatic heterocycles. The predicted molar refractivity (Wildman–Crippen MR) is 114 cm³/mol. The summed E-state index contributed by atoms with van der Waals surface area (Å²) in [5.74, 6) is -0.00181. The van der Waals surface area contributed by atoms with Crippen LogP contribution in [0.15, 0.2) is 54.7 Å². The number of carbonyl (C=O) groups is 1. The third-order valence-electron chi connectivity index (χ3n) is 7.37. The summed E-state index contributed by atoms with van der Waals surface area (Å²) in [5, 5.41) is 0.849. The lowest BCUT2D eigenvalue weighted by Gasteiger charge is -2.30. The zero-order chi connectivity index (χ0) is 22.5. The van der Waals surface area contributed by atoms with Crippen molar-refractivity contribution in [1.82, 2.24) is 4.98 Å². The van der Waals surface area contributed by atoms with Gasteiger partial charge in [0.25, 0.3) is 0 Å². The molecule has 0 saturated heterocycles. The molecule has 2 aliphatic carbocycles. The molecule has 2 fully saturated rings. The van der Waals surface area contributed by atoms with Gasteiger partial charge < -0.3 is 0 Å². The number of ketones is 1. The number of nitrogens with zero attached hydrogens (tertiary/aromatic N) is 1. The van der Waals surface area contributed by atoms with E-state index in [1.54, 1.807) is 24.4 Å². The molecule has 0 N–H and O–H groups in total. The molecule has 166 valence electrons. The van der Waals surface area contributed by atoms with Gasteiger partial charge in [-0.2, -0.15) is 13.2 Å². The fraction of sp³-hybridized carbons (Fsp3) is 0.385. The van der Waals surface area contributed by atoms with Gasteiger partial charge in [-0.15, -0.1) is 0 Å². The Labute approximate surface area is 183 Å². The SMILES string of the molecule is O=C(Cc1cccc(C(F)(F)F)c1)[C@H]1CC12CCC(c1ccnc3ccc(F)cc13)CC2. The Morgan fingerprint density at radius 2 is 1.84 bits per heavy atom. The quantitative estimate of drug-likeness (QED) is 0.414. The largest absolute Gasteiger partial charge is 0.416 e. The standard InChI is InChI=1S/C26H23F4NO/c27-19-4-5-23-21(14-19)20(8-11-31-23)17-6-9-25(10-7-17)15-22(25)24(32)13-16-2-1-3-18(12-16)26(28,29)30/h1-5,8,11-12,14,17,22H,6-7,9-10,13,15H2/t17?,22-,25?/m1/s1. The molecule has 2 aliphatic rings. The highest BCUT2D eigenvalue weighted by atomic mass is 19.4. The van der Waals surface area contributed by atoms with Crippen molar-refractivity contribution in [2.75, 3.05) is 0 Å². The third-order valence-corrected chi connectivity index (χ3v) is 7.37. The molecule has 2 saturated carbocycles. The zero-order valence-corrected chi connectivity index (χ0v) is 17.5. The van der Waals surface area contributed by atoms with Crippen molar-refractivity contribution in [2.24, 2.45) is 11.3 Å². The molecule has 2 aromatic carbocycles. The molecule has 0 bridgehead atoms. The summed E-state index contributed by atoms with van der Waals surface area (Å²) in [5.41, 5.74) is 1.59. The second-order valence-electron chi connectivity index (χ2n) is 9.30. The lowest BCUT2D eigenvalue weighted by molar-refractivity contribution is -0.137. The molecule has 0 aliphatic heterocycles. The van der Waals surface area contributed by atoms with E-state index in [1.807, 2.05) is 6.07 Å². The molecule has 5 rings (SSSR count). The van der Waals surface area contributed by atoms with Gasteiger partial charge in [0.2, 0.25) is 0 Å². The van der Waals surface area contributed by atoms with E-state index in [2.05, 4.69) is 4.98 Å². The number of carbonyl (C=O) groups excluding carboxylic acids is 1. The van der Waals surface area contributed by atoms with Crippen LogP contribution in [-0.2, 0) is 17.4 Å². The van der Waals surface area contributed by atoms with Gasteiger partial charge in [0.05, 0.1) is 11.1 Å². The number of hydrogen-bond acceptors (Lipinski definition) is 2. The highest BCUT2D eigenvalue weighted by Gasteiger charge is 2.57. The minimum absolute atomic E-state index is 0.0106. The molecular weight excluding hydrogens is 418 g/mol. The maximum Gasteiger partial charge on any atom is 0.416 e. The molecule has 0 amide bonds. The first-order valence-electron chi connectivity index (χ1n) is 11.0. The van der Waals surface area contributed by atoms with E-state index < -0.39 is 11.7 Å². The average molecular weight is 441 g/mol. The summed E-state index contributed by atoms with van der Waals surface area (Å²) in [7, 11) is 0. The smallest absolute Gasteiger partial charge is 0.299 e. The summed E-state index contributed by atoms with van der Waals surface area (Å²) in [6, 6.07) is 11.7. The van der Waals surface area contributed by atoms with Crippen LogP contribution in [0.25, 0.3) is 10.9 Å². The Morgan fingerprint density at radius 1 is 1.06 bits per heavy atom. The van der Waals surface area contributed by atoms with E-state index in [-0.39, 0.29) is 29.4 Å². The van der Waals surface area contributed by atoms with Crippen LogP contribution in [0.4, 0.5) is 17.6 Å². The average Bonchev–Trinajstić information content (AvgIpc) is 3.47. The van der Waals surface area contributed by atoms with Gasteiger partial charge in [0.15, 0.2) is 0 Å². The number of pyridine rings is 1. The van der Waals surface area contributed by atoms with Crippen LogP contribution in [-0.4, -0.2) is 10.8 Å². The molecule has 6 heteroatoms. The van der Waals surface area contributed by atoms with E-state index >= 15 is 0 Å². The van der Waals surface area contributed by atoms with Gasteiger partial charge in [-0.1, -0.05) is 18.2 Å². The van der Waals surface area contributed by atoms with E-state index in [4.69, 9.17) is 0 Å². The molecule has 32 heavy (non-hydrogen) atoms. The molecule has 1 spiro atoms. The lowest BCUT2D eigenvalue weighted by Crippen LogP contribution is -2.20. The summed E-state index contributed by atoms with van der Waals surface area (Å²) in [4.78, 5) is 17.2. The first kappa shape index (κ1) is 21.1.